The van der Waals surface area contributed by atoms with Gasteiger partial charge in [-0.25, -0.2) is 0 Å². The van der Waals surface area contributed by atoms with Crippen molar-refractivity contribution in [3.63, 3.8) is 0 Å². The van der Waals surface area contributed by atoms with Gasteiger partial charge >= 0.3 is 0 Å². The van der Waals surface area contributed by atoms with Crippen molar-refractivity contribution >= 4 is 11.6 Å². The lowest BCUT2D eigenvalue weighted by molar-refractivity contribution is 0.742. The SMILES string of the molecule is Cn1cc(-c2cccc(Cl)c2)c(CN)n1. The number of aromatic nitrogens is 2. The summed E-state index contributed by atoms with van der Waals surface area (Å²) < 4.78 is 1.76. The molecule has 0 bridgehead atoms. The van der Waals surface area contributed by atoms with Crippen LogP contribution in [0, 0.1) is 0 Å². The van der Waals surface area contributed by atoms with Crippen molar-refractivity contribution in [2.24, 2.45) is 12.8 Å². The highest BCUT2D eigenvalue weighted by atomic mass is 35.5. The van der Waals surface area contributed by atoms with Crippen molar-refractivity contribution < 1.29 is 0 Å². The largest absolute Gasteiger partial charge is 0.325 e. The molecule has 3 nitrogen and oxygen atoms in total. The molecule has 1 aromatic carbocycles. The second-order valence-corrected chi connectivity index (χ2v) is 3.81. The second-order valence-electron chi connectivity index (χ2n) is 3.38. The molecule has 1 aromatic heterocycles. The van der Waals surface area contributed by atoms with Gasteiger partial charge < -0.3 is 5.73 Å². The van der Waals surface area contributed by atoms with Crippen LogP contribution in [0.3, 0.4) is 0 Å². The van der Waals surface area contributed by atoms with E-state index in [0.717, 1.165) is 21.8 Å². The average Bonchev–Trinajstić information content (AvgIpc) is 2.59. The van der Waals surface area contributed by atoms with Crippen molar-refractivity contribution in [1.29, 1.82) is 0 Å². The predicted octanol–water partition coefficient (Wildman–Crippen LogP) is 2.20. The first-order valence-corrected chi connectivity index (χ1v) is 5.07. The first-order valence-electron chi connectivity index (χ1n) is 4.69. The van der Waals surface area contributed by atoms with Crippen LogP contribution < -0.4 is 5.73 Å². The van der Waals surface area contributed by atoms with Gasteiger partial charge in [-0.15, -0.1) is 0 Å². The molecule has 0 aliphatic heterocycles. The lowest BCUT2D eigenvalue weighted by Gasteiger charge is -2.00. The Bertz CT molecular complexity index is 476. The van der Waals surface area contributed by atoms with Crippen LogP contribution in [0.1, 0.15) is 5.69 Å². The first-order chi connectivity index (χ1) is 7.20. The number of nitrogens with two attached hydrogens (primary N) is 1. The zero-order valence-corrected chi connectivity index (χ0v) is 9.20. The minimum atomic E-state index is 0.433. The number of nitrogens with zero attached hydrogens (tertiary/aromatic N) is 2. The van der Waals surface area contributed by atoms with Crippen molar-refractivity contribution in [3.05, 3.63) is 41.2 Å². The van der Waals surface area contributed by atoms with E-state index < -0.39 is 0 Å². The fourth-order valence-corrected chi connectivity index (χ4v) is 1.77. The normalized spacial score (nSPS) is 10.6. The molecule has 0 fully saturated rings. The molecule has 0 saturated carbocycles. The van der Waals surface area contributed by atoms with E-state index in [1.165, 1.54) is 0 Å². The van der Waals surface area contributed by atoms with E-state index in [0.29, 0.717) is 6.54 Å². The number of benzene rings is 1. The lowest BCUT2D eigenvalue weighted by Crippen LogP contribution is -1.99. The van der Waals surface area contributed by atoms with Crippen LogP contribution in [0.15, 0.2) is 30.5 Å². The minimum Gasteiger partial charge on any atom is -0.325 e. The molecule has 2 aromatic rings. The van der Waals surface area contributed by atoms with Gasteiger partial charge in [-0.3, -0.25) is 4.68 Å². The van der Waals surface area contributed by atoms with Gasteiger partial charge in [0.1, 0.15) is 0 Å². The Morgan fingerprint density at radius 1 is 1.47 bits per heavy atom. The molecule has 15 heavy (non-hydrogen) atoms. The molecule has 0 atom stereocenters. The second kappa shape index (κ2) is 4.04. The highest BCUT2D eigenvalue weighted by Crippen LogP contribution is 2.24. The van der Waals surface area contributed by atoms with E-state index in [9.17, 15) is 0 Å². The summed E-state index contributed by atoms with van der Waals surface area (Å²) in [5.41, 5.74) is 8.62. The van der Waals surface area contributed by atoms with Crippen molar-refractivity contribution in [1.82, 2.24) is 9.78 Å². The van der Waals surface area contributed by atoms with Gasteiger partial charge in [0.05, 0.1) is 5.69 Å². The molecule has 2 N–H and O–H groups in total. The van der Waals surface area contributed by atoms with Gasteiger partial charge in [-0.05, 0) is 17.7 Å². The Kier molecular flexibility index (Phi) is 2.75. The molecule has 0 radical (unpaired) electrons. The molecule has 78 valence electrons. The van der Waals surface area contributed by atoms with Gasteiger partial charge in [-0.1, -0.05) is 23.7 Å². The van der Waals surface area contributed by atoms with Crippen LogP contribution in [0.4, 0.5) is 0 Å². The molecule has 0 saturated heterocycles. The lowest BCUT2D eigenvalue weighted by atomic mass is 10.1. The summed E-state index contributed by atoms with van der Waals surface area (Å²) in [5, 5.41) is 5.01. The zero-order valence-electron chi connectivity index (χ0n) is 8.44. The van der Waals surface area contributed by atoms with Crippen LogP contribution in [0.2, 0.25) is 5.02 Å². The Morgan fingerprint density at radius 2 is 2.27 bits per heavy atom. The topological polar surface area (TPSA) is 43.8 Å². The van der Waals surface area contributed by atoms with Gasteiger partial charge in [0.2, 0.25) is 0 Å². The maximum atomic E-state index is 5.94. The quantitative estimate of drug-likeness (QED) is 0.845. The molecule has 0 aliphatic rings. The summed E-state index contributed by atoms with van der Waals surface area (Å²) in [6.45, 7) is 0.433. The van der Waals surface area contributed by atoms with Crippen LogP contribution in [0.25, 0.3) is 11.1 Å². The van der Waals surface area contributed by atoms with Gasteiger partial charge in [0.15, 0.2) is 0 Å². The van der Waals surface area contributed by atoms with E-state index in [2.05, 4.69) is 5.10 Å². The maximum Gasteiger partial charge on any atom is 0.0838 e. The fraction of sp³-hybridized carbons (Fsp3) is 0.182. The highest BCUT2D eigenvalue weighted by molar-refractivity contribution is 6.30. The summed E-state index contributed by atoms with van der Waals surface area (Å²) in [5.74, 6) is 0. The fourth-order valence-electron chi connectivity index (χ4n) is 1.58. The van der Waals surface area contributed by atoms with Gasteiger partial charge in [0, 0.05) is 30.4 Å². The van der Waals surface area contributed by atoms with Crippen LogP contribution in [0.5, 0.6) is 0 Å². The Labute approximate surface area is 93.5 Å². The third-order valence-electron chi connectivity index (χ3n) is 2.23. The first kappa shape index (κ1) is 10.2. The Balaban J connectivity index is 2.53. The maximum absolute atomic E-state index is 5.94. The molecular weight excluding hydrogens is 210 g/mol. The molecule has 4 heteroatoms. The number of rotatable bonds is 2. The van der Waals surface area contributed by atoms with Crippen LogP contribution >= 0.6 is 11.6 Å². The molecule has 0 spiro atoms. The van der Waals surface area contributed by atoms with Crippen molar-refractivity contribution in [2.45, 2.75) is 6.54 Å². The van der Waals surface area contributed by atoms with Gasteiger partial charge in [-0.2, -0.15) is 5.10 Å². The smallest absolute Gasteiger partial charge is 0.0838 e. The van der Waals surface area contributed by atoms with E-state index in [-0.39, 0.29) is 0 Å². The summed E-state index contributed by atoms with van der Waals surface area (Å²) >= 11 is 5.94. The number of hydrogen-bond donors (Lipinski definition) is 1. The molecule has 0 amide bonds. The van der Waals surface area contributed by atoms with Gasteiger partial charge in [0.25, 0.3) is 0 Å². The average molecular weight is 222 g/mol. The highest BCUT2D eigenvalue weighted by Gasteiger charge is 2.08. The number of aryl methyl sites for hydroxylation is 1. The molecule has 0 aliphatic carbocycles. The third-order valence-corrected chi connectivity index (χ3v) is 2.47. The number of halogens is 1. The summed E-state index contributed by atoms with van der Waals surface area (Å²) in [6.07, 6.45) is 1.95. The zero-order chi connectivity index (χ0) is 10.8. The van der Waals surface area contributed by atoms with Crippen molar-refractivity contribution in [3.8, 4) is 11.1 Å². The van der Waals surface area contributed by atoms with Crippen LogP contribution in [-0.2, 0) is 13.6 Å². The predicted molar refractivity (Wildman–Crippen MR) is 61.5 cm³/mol. The minimum absolute atomic E-state index is 0.433. The van der Waals surface area contributed by atoms with E-state index >= 15 is 0 Å². The Morgan fingerprint density at radius 3 is 2.93 bits per heavy atom. The van der Waals surface area contributed by atoms with E-state index in [1.54, 1.807) is 4.68 Å². The third kappa shape index (κ3) is 2.03. The van der Waals surface area contributed by atoms with Crippen LogP contribution in [-0.4, -0.2) is 9.78 Å². The monoisotopic (exact) mass is 221 g/mol. The summed E-state index contributed by atoms with van der Waals surface area (Å²) in [6, 6.07) is 7.69. The number of hydrogen-bond acceptors (Lipinski definition) is 2. The molecule has 2 rings (SSSR count). The van der Waals surface area contributed by atoms with E-state index in [1.807, 2.05) is 37.5 Å². The van der Waals surface area contributed by atoms with E-state index in [4.69, 9.17) is 17.3 Å². The standard InChI is InChI=1S/C11H12ClN3/c1-15-7-10(11(6-13)14-15)8-3-2-4-9(12)5-8/h2-5,7H,6,13H2,1H3. The Hall–Kier alpha value is -1.32. The van der Waals surface area contributed by atoms with Crippen molar-refractivity contribution in [2.75, 3.05) is 0 Å². The molecular formula is C11H12ClN3. The summed E-state index contributed by atoms with van der Waals surface area (Å²) in [7, 11) is 1.88. The molecule has 0 unspecified atom stereocenters. The summed E-state index contributed by atoms with van der Waals surface area (Å²) in [4.78, 5) is 0. The molecule has 1 heterocycles.